The molecule has 0 saturated carbocycles. The van der Waals surface area contributed by atoms with Gasteiger partial charge in [-0.1, -0.05) is 19.8 Å². The summed E-state index contributed by atoms with van der Waals surface area (Å²) < 4.78 is 5.20. The molecule has 0 aromatic carbocycles. The van der Waals surface area contributed by atoms with Crippen LogP contribution in [0.25, 0.3) is 0 Å². The van der Waals surface area contributed by atoms with E-state index >= 15 is 0 Å². The van der Waals surface area contributed by atoms with Gasteiger partial charge in [-0.3, -0.25) is 0 Å². The lowest BCUT2D eigenvalue weighted by Gasteiger charge is -2.07. The van der Waals surface area contributed by atoms with Crippen molar-refractivity contribution in [3.8, 4) is 0 Å². The van der Waals surface area contributed by atoms with Gasteiger partial charge < -0.3 is 10.2 Å². The zero-order valence-corrected chi connectivity index (χ0v) is 7.62. The summed E-state index contributed by atoms with van der Waals surface area (Å²) >= 11 is 0. The molecule has 12 heavy (non-hydrogen) atoms. The Morgan fingerprint density at radius 1 is 1.58 bits per heavy atom. The van der Waals surface area contributed by atoms with Crippen molar-refractivity contribution in [2.45, 2.75) is 38.6 Å². The van der Waals surface area contributed by atoms with Crippen molar-refractivity contribution < 1.29 is 4.42 Å². The maximum absolute atomic E-state index is 5.89. The van der Waals surface area contributed by atoms with Gasteiger partial charge in [-0.15, -0.1) is 0 Å². The molecule has 0 aliphatic heterocycles. The molecule has 1 unspecified atom stereocenters. The number of rotatable bonds is 5. The van der Waals surface area contributed by atoms with Crippen molar-refractivity contribution in [1.29, 1.82) is 0 Å². The average Bonchev–Trinajstić information content (AvgIpc) is 2.53. The van der Waals surface area contributed by atoms with Crippen LogP contribution in [0.5, 0.6) is 0 Å². The van der Waals surface area contributed by atoms with E-state index in [1.165, 1.54) is 12.8 Å². The van der Waals surface area contributed by atoms with E-state index in [4.69, 9.17) is 10.2 Å². The second-order valence-electron chi connectivity index (χ2n) is 3.19. The molecule has 0 radical (unpaired) electrons. The third-order valence-electron chi connectivity index (χ3n) is 1.97. The molecular formula is C10H17NO. The molecule has 1 heterocycles. The van der Waals surface area contributed by atoms with Gasteiger partial charge in [0.05, 0.1) is 6.26 Å². The van der Waals surface area contributed by atoms with Crippen LogP contribution in [-0.2, 0) is 6.42 Å². The van der Waals surface area contributed by atoms with E-state index in [0.29, 0.717) is 0 Å². The van der Waals surface area contributed by atoms with Gasteiger partial charge in [0.25, 0.3) is 0 Å². The average molecular weight is 167 g/mol. The Hall–Kier alpha value is -0.760. The molecule has 1 aromatic rings. The largest absolute Gasteiger partial charge is 0.469 e. The zero-order valence-electron chi connectivity index (χ0n) is 7.62. The Morgan fingerprint density at radius 2 is 2.42 bits per heavy atom. The Kier molecular flexibility index (Phi) is 3.88. The highest BCUT2D eigenvalue weighted by Gasteiger charge is 2.04. The molecule has 2 nitrogen and oxygen atoms in total. The van der Waals surface area contributed by atoms with Crippen LogP contribution in [0.15, 0.2) is 22.8 Å². The van der Waals surface area contributed by atoms with E-state index in [2.05, 4.69) is 6.92 Å². The van der Waals surface area contributed by atoms with E-state index < -0.39 is 0 Å². The van der Waals surface area contributed by atoms with Crippen LogP contribution >= 0.6 is 0 Å². The lowest BCUT2D eigenvalue weighted by molar-refractivity contribution is 0.468. The maximum Gasteiger partial charge on any atom is 0.105 e. The fourth-order valence-electron chi connectivity index (χ4n) is 1.26. The van der Waals surface area contributed by atoms with E-state index in [-0.39, 0.29) is 6.04 Å². The summed E-state index contributed by atoms with van der Waals surface area (Å²) in [5.74, 6) is 0.999. The van der Waals surface area contributed by atoms with Gasteiger partial charge in [-0.25, -0.2) is 0 Å². The molecule has 0 amide bonds. The molecule has 2 heteroatoms. The van der Waals surface area contributed by atoms with E-state index in [0.717, 1.165) is 18.6 Å². The SMILES string of the molecule is CCCCC(N)Cc1ccco1. The molecule has 1 aromatic heterocycles. The summed E-state index contributed by atoms with van der Waals surface area (Å²) in [6, 6.07) is 4.14. The van der Waals surface area contributed by atoms with Crippen LogP contribution in [-0.4, -0.2) is 6.04 Å². The number of nitrogens with two attached hydrogens (primary N) is 1. The van der Waals surface area contributed by atoms with Crippen LogP contribution in [0, 0.1) is 0 Å². The van der Waals surface area contributed by atoms with Gasteiger partial charge >= 0.3 is 0 Å². The van der Waals surface area contributed by atoms with E-state index in [1.54, 1.807) is 6.26 Å². The number of unbranched alkanes of at least 4 members (excludes halogenated alkanes) is 1. The monoisotopic (exact) mass is 167 g/mol. The van der Waals surface area contributed by atoms with Crippen LogP contribution in [0.3, 0.4) is 0 Å². The molecule has 0 aliphatic carbocycles. The number of hydrogen-bond donors (Lipinski definition) is 1. The second kappa shape index (κ2) is 4.99. The van der Waals surface area contributed by atoms with Gasteiger partial charge in [0, 0.05) is 12.5 Å². The second-order valence-corrected chi connectivity index (χ2v) is 3.19. The van der Waals surface area contributed by atoms with Crippen LogP contribution in [0.1, 0.15) is 31.9 Å². The molecule has 1 rings (SSSR count). The summed E-state index contributed by atoms with van der Waals surface area (Å²) in [6.45, 7) is 2.18. The normalized spacial score (nSPS) is 13.2. The third kappa shape index (κ3) is 3.09. The number of furan rings is 1. The van der Waals surface area contributed by atoms with E-state index in [1.807, 2.05) is 12.1 Å². The molecule has 0 aliphatic rings. The summed E-state index contributed by atoms with van der Waals surface area (Å²) in [4.78, 5) is 0. The van der Waals surface area contributed by atoms with Crippen molar-refractivity contribution in [2.75, 3.05) is 0 Å². The molecular weight excluding hydrogens is 150 g/mol. The molecule has 0 fully saturated rings. The molecule has 68 valence electrons. The first-order valence-electron chi connectivity index (χ1n) is 4.61. The molecule has 2 N–H and O–H groups in total. The summed E-state index contributed by atoms with van der Waals surface area (Å²) in [7, 11) is 0. The minimum Gasteiger partial charge on any atom is -0.469 e. The summed E-state index contributed by atoms with van der Waals surface area (Å²) in [5, 5.41) is 0. The first-order chi connectivity index (χ1) is 5.83. The Morgan fingerprint density at radius 3 is 3.00 bits per heavy atom. The summed E-state index contributed by atoms with van der Waals surface area (Å²) in [6.07, 6.45) is 6.08. The van der Waals surface area contributed by atoms with Crippen molar-refractivity contribution in [2.24, 2.45) is 5.73 Å². The predicted molar refractivity (Wildman–Crippen MR) is 49.9 cm³/mol. The first kappa shape index (κ1) is 9.33. The van der Waals surface area contributed by atoms with Gasteiger partial charge in [0.15, 0.2) is 0 Å². The lowest BCUT2D eigenvalue weighted by Crippen LogP contribution is -2.22. The smallest absolute Gasteiger partial charge is 0.105 e. The zero-order chi connectivity index (χ0) is 8.81. The topological polar surface area (TPSA) is 39.2 Å². The first-order valence-corrected chi connectivity index (χ1v) is 4.61. The number of hydrogen-bond acceptors (Lipinski definition) is 2. The lowest BCUT2D eigenvalue weighted by atomic mass is 10.1. The van der Waals surface area contributed by atoms with Gasteiger partial charge in [0.2, 0.25) is 0 Å². The van der Waals surface area contributed by atoms with Crippen molar-refractivity contribution in [3.05, 3.63) is 24.2 Å². The minimum atomic E-state index is 0.260. The van der Waals surface area contributed by atoms with Gasteiger partial charge in [-0.05, 0) is 18.6 Å². The van der Waals surface area contributed by atoms with Crippen LogP contribution in [0.4, 0.5) is 0 Å². The fourth-order valence-corrected chi connectivity index (χ4v) is 1.26. The molecule has 0 bridgehead atoms. The fraction of sp³-hybridized carbons (Fsp3) is 0.600. The predicted octanol–water partition coefficient (Wildman–Crippen LogP) is 2.34. The maximum atomic E-state index is 5.89. The Bertz CT molecular complexity index is 194. The van der Waals surface area contributed by atoms with E-state index in [9.17, 15) is 0 Å². The Labute approximate surface area is 73.8 Å². The third-order valence-corrected chi connectivity index (χ3v) is 1.97. The van der Waals surface area contributed by atoms with Gasteiger partial charge in [0.1, 0.15) is 5.76 Å². The van der Waals surface area contributed by atoms with Crippen molar-refractivity contribution >= 4 is 0 Å². The minimum absolute atomic E-state index is 0.260. The van der Waals surface area contributed by atoms with Crippen molar-refractivity contribution in [3.63, 3.8) is 0 Å². The Balaban J connectivity index is 2.22. The molecule has 1 atom stereocenters. The van der Waals surface area contributed by atoms with Crippen LogP contribution in [0.2, 0.25) is 0 Å². The standard InChI is InChI=1S/C10H17NO/c1-2-3-5-9(11)8-10-6-4-7-12-10/h4,6-7,9H,2-3,5,8,11H2,1H3. The highest BCUT2D eigenvalue weighted by molar-refractivity contribution is 4.99. The van der Waals surface area contributed by atoms with Gasteiger partial charge in [-0.2, -0.15) is 0 Å². The quantitative estimate of drug-likeness (QED) is 0.731. The highest BCUT2D eigenvalue weighted by atomic mass is 16.3. The highest BCUT2D eigenvalue weighted by Crippen LogP contribution is 2.07. The van der Waals surface area contributed by atoms with Crippen LogP contribution < -0.4 is 5.73 Å². The summed E-state index contributed by atoms with van der Waals surface area (Å²) in [5.41, 5.74) is 5.89. The molecule has 0 spiro atoms. The molecule has 0 saturated heterocycles. The van der Waals surface area contributed by atoms with Crippen molar-refractivity contribution in [1.82, 2.24) is 0 Å².